The van der Waals surface area contributed by atoms with E-state index in [-0.39, 0.29) is 24.3 Å². The van der Waals surface area contributed by atoms with Crippen LogP contribution in [0.4, 0.5) is 4.39 Å². The number of carbonyl (C=O) groups excluding carboxylic acids is 1. The van der Waals surface area contributed by atoms with Gasteiger partial charge in [-0.25, -0.2) is 14.2 Å². The molecule has 2 heterocycles. The summed E-state index contributed by atoms with van der Waals surface area (Å²) in [5, 5.41) is 0.617. The van der Waals surface area contributed by atoms with Crippen LogP contribution in [0.25, 0.3) is 6.08 Å². The molecule has 0 fully saturated rings. The molecular weight excluding hydrogens is 746 g/mol. The molecule has 0 saturated heterocycles. The third kappa shape index (κ3) is 6.35. The molecule has 1 aliphatic rings. The summed E-state index contributed by atoms with van der Waals surface area (Å²) < 4.78 is 28.9. The number of carbonyl (C=O) groups is 1. The molecule has 11 heteroatoms. The number of rotatable bonds is 7. The van der Waals surface area contributed by atoms with Crippen molar-refractivity contribution in [3.8, 4) is 5.75 Å². The molecular formula is C30H22BrClFIN2O4S. The van der Waals surface area contributed by atoms with Gasteiger partial charge in [0.05, 0.1) is 32.0 Å². The normalized spacial score (nSPS) is 15.0. The van der Waals surface area contributed by atoms with E-state index in [9.17, 15) is 14.0 Å². The monoisotopic (exact) mass is 766 g/mol. The zero-order chi connectivity index (χ0) is 29.3. The molecule has 0 bridgehead atoms. The number of allylic oxidation sites excluding steroid dienone is 1. The SMILES string of the molecule is CCOC(=O)C1=C(C)N=c2s/c(=C\c3cc(Br)cc(I)c3OCc3cccc(Cl)c3)c(=O)n2[C@H]1c1ccc(F)cc1. The summed E-state index contributed by atoms with van der Waals surface area (Å²) in [7, 11) is 0. The maximum atomic E-state index is 14.0. The summed E-state index contributed by atoms with van der Waals surface area (Å²) in [5.74, 6) is -0.386. The number of halogens is 4. The van der Waals surface area contributed by atoms with Crippen LogP contribution in [0, 0.1) is 9.39 Å². The average molecular weight is 768 g/mol. The van der Waals surface area contributed by atoms with Gasteiger partial charge < -0.3 is 9.47 Å². The minimum Gasteiger partial charge on any atom is -0.487 e. The molecule has 1 aromatic heterocycles. The van der Waals surface area contributed by atoms with Crippen molar-refractivity contribution in [3.05, 3.63) is 127 Å². The van der Waals surface area contributed by atoms with Gasteiger partial charge in [-0.05, 0) is 90.0 Å². The van der Waals surface area contributed by atoms with Crippen molar-refractivity contribution >= 4 is 73.5 Å². The van der Waals surface area contributed by atoms with Crippen LogP contribution in [0.2, 0.25) is 5.02 Å². The fourth-order valence-electron chi connectivity index (χ4n) is 4.52. The molecule has 41 heavy (non-hydrogen) atoms. The van der Waals surface area contributed by atoms with E-state index in [1.165, 1.54) is 28.0 Å². The van der Waals surface area contributed by atoms with Crippen molar-refractivity contribution < 1.29 is 18.7 Å². The first-order chi connectivity index (χ1) is 19.7. The number of aromatic nitrogens is 1. The van der Waals surface area contributed by atoms with Crippen LogP contribution in [0.5, 0.6) is 5.75 Å². The Hall–Kier alpha value is -2.80. The molecule has 3 aromatic carbocycles. The third-order valence-corrected chi connectivity index (χ3v) is 8.78. The highest BCUT2D eigenvalue weighted by atomic mass is 127. The van der Waals surface area contributed by atoms with Crippen molar-refractivity contribution in [1.29, 1.82) is 0 Å². The van der Waals surface area contributed by atoms with Crippen LogP contribution in [0.1, 0.15) is 36.6 Å². The van der Waals surface area contributed by atoms with Crippen molar-refractivity contribution in [2.24, 2.45) is 4.99 Å². The Labute approximate surface area is 266 Å². The van der Waals surface area contributed by atoms with Gasteiger partial charge in [0.2, 0.25) is 0 Å². The van der Waals surface area contributed by atoms with Crippen LogP contribution >= 0.6 is 61.5 Å². The standard InChI is InChI=1S/C30H22BrClFIN2O4S/c1-3-39-29(38)25-16(2)35-30-36(26(25)18-7-9-22(33)10-8-18)28(37)24(41-30)13-19-12-20(31)14-23(34)27(19)40-15-17-5-4-6-21(32)11-17/h4-14,26H,3,15H2,1-2H3/b24-13-/t26-/m0/s1. The molecule has 0 aliphatic carbocycles. The highest BCUT2D eigenvalue weighted by molar-refractivity contribution is 14.1. The largest absolute Gasteiger partial charge is 0.487 e. The maximum Gasteiger partial charge on any atom is 0.338 e. The van der Waals surface area contributed by atoms with Crippen molar-refractivity contribution in [2.75, 3.05) is 6.61 Å². The van der Waals surface area contributed by atoms with Crippen LogP contribution < -0.4 is 19.6 Å². The lowest BCUT2D eigenvalue weighted by molar-refractivity contribution is -0.139. The zero-order valence-electron chi connectivity index (χ0n) is 21.8. The number of hydrogen-bond donors (Lipinski definition) is 0. The Balaban J connectivity index is 1.65. The summed E-state index contributed by atoms with van der Waals surface area (Å²) in [5.41, 5.74) is 2.50. The van der Waals surface area contributed by atoms with Gasteiger partial charge in [0, 0.05) is 15.1 Å². The summed E-state index contributed by atoms with van der Waals surface area (Å²) in [6.07, 6.45) is 1.76. The highest BCUT2D eigenvalue weighted by Gasteiger charge is 2.33. The van der Waals surface area contributed by atoms with Crippen molar-refractivity contribution in [1.82, 2.24) is 4.57 Å². The van der Waals surface area contributed by atoms with Gasteiger partial charge in [-0.15, -0.1) is 0 Å². The number of thiazole rings is 1. The average Bonchev–Trinajstić information content (AvgIpc) is 3.22. The van der Waals surface area contributed by atoms with Gasteiger partial charge in [-0.2, -0.15) is 0 Å². The predicted octanol–water partition coefficient (Wildman–Crippen LogP) is 6.54. The Morgan fingerprint density at radius 1 is 1.22 bits per heavy atom. The Bertz CT molecular complexity index is 1870. The van der Waals surface area contributed by atoms with Gasteiger partial charge >= 0.3 is 5.97 Å². The lowest BCUT2D eigenvalue weighted by Gasteiger charge is -2.24. The molecule has 1 aliphatic heterocycles. The number of ether oxygens (including phenoxy) is 2. The second kappa shape index (κ2) is 12.6. The second-order valence-electron chi connectivity index (χ2n) is 9.08. The van der Waals surface area contributed by atoms with E-state index in [1.807, 2.05) is 30.3 Å². The Kier molecular flexibility index (Phi) is 9.12. The lowest BCUT2D eigenvalue weighted by atomic mass is 9.96. The molecule has 0 N–H and O–H groups in total. The van der Waals surface area contributed by atoms with E-state index >= 15 is 0 Å². The number of fused-ring (bicyclic) bond motifs is 1. The molecule has 0 amide bonds. The molecule has 210 valence electrons. The summed E-state index contributed by atoms with van der Waals surface area (Å²) in [4.78, 5) is 32.0. The molecule has 4 aromatic rings. The first-order valence-electron chi connectivity index (χ1n) is 12.5. The molecule has 6 nitrogen and oxygen atoms in total. The Morgan fingerprint density at radius 2 is 1.98 bits per heavy atom. The number of hydrogen-bond acceptors (Lipinski definition) is 6. The van der Waals surface area contributed by atoms with Crippen molar-refractivity contribution in [2.45, 2.75) is 26.5 Å². The van der Waals surface area contributed by atoms with Crippen LogP contribution in [0.15, 0.2) is 86.2 Å². The molecule has 0 saturated carbocycles. The van der Waals surface area contributed by atoms with Gasteiger partial charge in [-0.1, -0.05) is 63.1 Å². The third-order valence-electron chi connectivity index (χ3n) is 6.30. The van der Waals surface area contributed by atoms with Crippen LogP contribution in [-0.4, -0.2) is 17.1 Å². The minimum atomic E-state index is -0.825. The summed E-state index contributed by atoms with van der Waals surface area (Å²) in [6, 6.07) is 16.1. The van der Waals surface area contributed by atoms with E-state index in [0.29, 0.717) is 36.9 Å². The molecule has 5 rings (SSSR count). The van der Waals surface area contributed by atoms with E-state index in [0.717, 1.165) is 13.6 Å². The first-order valence-corrected chi connectivity index (χ1v) is 15.5. The lowest BCUT2D eigenvalue weighted by Crippen LogP contribution is -2.39. The zero-order valence-corrected chi connectivity index (χ0v) is 27.1. The predicted molar refractivity (Wildman–Crippen MR) is 169 cm³/mol. The number of nitrogens with zero attached hydrogens (tertiary/aromatic N) is 2. The minimum absolute atomic E-state index is 0.162. The quantitative estimate of drug-likeness (QED) is 0.158. The molecule has 1 atom stereocenters. The smallest absolute Gasteiger partial charge is 0.338 e. The van der Waals surface area contributed by atoms with Crippen LogP contribution in [0.3, 0.4) is 0 Å². The molecule has 0 spiro atoms. The second-order valence-corrected chi connectivity index (χ2v) is 12.6. The Morgan fingerprint density at radius 3 is 2.68 bits per heavy atom. The van der Waals surface area contributed by atoms with Crippen LogP contribution in [-0.2, 0) is 16.1 Å². The van der Waals surface area contributed by atoms with E-state index in [4.69, 9.17) is 21.1 Å². The fourth-order valence-corrected chi connectivity index (χ4v) is 7.47. The van der Waals surface area contributed by atoms with E-state index in [1.54, 1.807) is 38.1 Å². The van der Waals surface area contributed by atoms with Gasteiger partial charge in [-0.3, -0.25) is 9.36 Å². The highest BCUT2D eigenvalue weighted by Crippen LogP contribution is 2.33. The summed E-state index contributed by atoms with van der Waals surface area (Å²) in [6.45, 7) is 3.86. The van der Waals surface area contributed by atoms with Gasteiger partial charge in [0.15, 0.2) is 4.80 Å². The topological polar surface area (TPSA) is 69.9 Å². The van der Waals surface area contributed by atoms with E-state index < -0.39 is 17.8 Å². The van der Waals surface area contributed by atoms with Gasteiger partial charge in [0.1, 0.15) is 18.2 Å². The number of esters is 1. The summed E-state index contributed by atoms with van der Waals surface area (Å²) >= 11 is 13.1. The molecule has 0 unspecified atom stereocenters. The maximum absolute atomic E-state index is 14.0. The molecule has 0 radical (unpaired) electrons. The van der Waals surface area contributed by atoms with Crippen molar-refractivity contribution in [3.63, 3.8) is 0 Å². The van der Waals surface area contributed by atoms with Gasteiger partial charge in [0.25, 0.3) is 5.56 Å². The first kappa shape index (κ1) is 29.7. The van der Waals surface area contributed by atoms with E-state index in [2.05, 4.69) is 43.5 Å². The number of benzene rings is 3. The fraction of sp³-hybridized carbons (Fsp3) is 0.167.